The second-order valence-electron chi connectivity index (χ2n) is 9.28. The molecule has 1 N–H and O–H groups in total. The average molecular weight is 578 g/mol. The summed E-state index contributed by atoms with van der Waals surface area (Å²) in [5, 5.41) is 14.9. The van der Waals surface area contributed by atoms with Crippen LogP contribution in [0.25, 0.3) is 16.3 Å². The maximum absolute atomic E-state index is 12.7. The highest BCUT2D eigenvalue weighted by Gasteiger charge is 2.32. The number of nitro benzene ring substituents is 1. The van der Waals surface area contributed by atoms with Crippen LogP contribution in [-0.2, 0) is 0 Å². The van der Waals surface area contributed by atoms with Gasteiger partial charge in [-0.15, -0.1) is 11.3 Å². The molecule has 1 amide bonds. The van der Waals surface area contributed by atoms with Crippen molar-refractivity contribution >= 4 is 68.2 Å². The molecule has 0 bridgehead atoms. The molecule has 200 valence electrons. The lowest BCUT2D eigenvalue weighted by Gasteiger charge is -2.07. The number of carbonyl (C=O) groups excluding carboxylic acids is 3. The summed E-state index contributed by atoms with van der Waals surface area (Å²) < 4.78 is 1.41. The van der Waals surface area contributed by atoms with Gasteiger partial charge in [0.2, 0.25) is 0 Å². The van der Waals surface area contributed by atoms with Crippen molar-refractivity contribution in [1.29, 1.82) is 0 Å². The van der Waals surface area contributed by atoms with E-state index >= 15 is 0 Å². The van der Waals surface area contributed by atoms with Crippen molar-refractivity contribution in [3.63, 3.8) is 0 Å². The summed E-state index contributed by atoms with van der Waals surface area (Å²) >= 11 is 2.51. The number of rotatable bonds is 6. The van der Waals surface area contributed by atoms with Gasteiger partial charge in [-0.05, 0) is 54.5 Å². The number of nitro groups is 1. The number of nitrogens with zero attached hydrogens (tertiary/aromatic N) is 2. The molecule has 0 fully saturated rings. The van der Waals surface area contributed by atoms with Crippen LogP contribution in [0.15, 0.2) is 99.7 Å². The van der Waals surface area contributed by atoms with Crippen LogP contribution in [0, 0.1) is 17.0 Å². The van der Waals surface area contributed by atoms with Gasteiger partial charge in [0, 0.05) is 28.4 Å². The zero-order valence-electron chi connectivity index (χ0n) is 21.4. The maximum atomic E-state index is 12.7. The Kier molecular flexibility index (Phi) is 6.78. The van der Waals surface area contributed by atoms with E-state index in [0.717, 1.165) is 22.0 Å². The predicted octanol–water partition coefficient (Wildman–Crippen LogP) is 7.38. The molecule has 5 aromatic rings. The van der Waals surface area contributed by atoms with Crippen molar-refractivity contribution in [3.05, 3.63) is 128 Å². The van der Waals surface area contributed by atoms with Gasteiger partial charge >= 0.3 is 0 Å². The first kappa shape index (κ1) is 26.3. The van der Waals surface area contributed by atoms with E-state index in [0.29, 0.717) is 42.7 Å². The van der Waals surface area contributed by atoms with E-state index in [1.54, 1.807) is 54.6 Å². The van der Waals surface area contributed by atoms with E-state index < -0.39 is 16.5 Å². The number of hydrogen-bond acceptors (Lipinski definition) is 8. The number of benzene rings is 4. The molecular weight excluding hydrogens is 558 g/mol. The molecule has 0 saturated heterocycles. The van der Waals surface area contributed by atoms with Crippen LogP contribution in [0.1, 0.15) is 42.2 Å². The Hall–Kier alpha value is -4.93. The number of amides is 1. The number of thiazole rings is 1. The number of aromatic nitrogens is 1. The summed E-state index contributed by atoms with van der Waals surface area (Å²) in [6.45, 7) is 1.88. The molecule has 41 heavy (non-hydrogen) atoms. The molecule has 1 aliphatic carbocycles. The van der Waals surface area contributed by atoms with Crippen LogP contribution in [0.4, 0.5) is 11.4 Å². The molecule has 1 heterocycles. The third kappa shape index (κ3) is 5.06. The van der Waals surface area contributed by atoms with E-state index in [9.17, 15) is 24.5 Å². The number of aryl methyl sites for hydroxylation is 1. The van der Waals surface area contributed by atoms with Gasteiger partial charge in [-0.25, -0.2) is 4.98 Å². The number of carbonyl (C=O) groups is 3. The van der Waals surface area contributed by atoms with Crippen LogP contribution in [-0.4, -0.2) is 27.4 Å². The number of hydrogen-bond donors (Lipinski definition) is 1. The number of nitrogens with one attached hydrogen (secondary N) is 1. The predicted molar refractivity (Wildman–Crippen MR) is 159 cm³/mol. The molecule has 10 heteroatoms. The standard InChI is InChI=1S/C31H19N3O5S2/c1-17-6-2-3-7-20(17)30(37)32-19-11-12-24-27(16-19)41-31(33-24)40-26-13-10-18(15-25(26)34(38)39)14-23-28(35)21-8-4-5-9-22(21)29(23)36/h2-16H,1H3,(H,32,37). The second kappa shape index (κ2) is 10.6. The Bertz CT molecular complexity index is 1920. The Morgan fingerprint density at radius 1 is 0.951 bits per heavy atom. The zero-order chi connectivity index (χ0) is 28.7. The molecular formula is C31H19N3O5S2. The largest absolute Gasteiger partial charge is 0.322 e. The normalized spacial score (nSPS) is 12.5. The van der Waals surface area contributed by atoms with Crippen molar-refractivity contribution in [2.24, 2.45) is 0 Å². The van der Waals surface area contributed by atoms with Crippen molar-refractivity contribution in [3.8, 4) is 0 Å². The molecule has 0 radical (unpaired) electrons. The first-order valence-electron chi connectivity index (χ1n) is 12.4. The van der Waals surface area contributed by atoms with Gasteiger partial charge in [0.15, 0.2) is 15.9 Å². The van der Waals surface area contributed by atoms with Gasteiger partial charge in [0.05, 0.1) is 25.6 Å². The Balaban J connectivity index is 1.25. The fourth-order valence-corrected chi connectivity index (χ4v) is 6.72. The van der Waals surface area contributed by atoms with Gasteiger partial charge in [-0.3, -0.25) is 24.5 Å². The summed E-state index contributed by atoms with van der Waals surface area (Å²) in [6, 6.07) is 23.9. The van der Waals surface area contributed by atoms with E-state index in [1.165, 1.54) is 23.5 Å². The van der Waals surface area contributed by atoms with Gasteiger partial charge in [0.25, 0.3) is 11.6 Å². The van der Waals surface area contributed by atoms with Gasteiger partial charge in [-0.2, -0.15) is 0 Å². The zero-order valence-corrected chi connectivity index (χ0v) is 23.0. The third-order valence-electron chi connectivity index (χ3n) is 6.61. The minimum Gasteiger partial charge on any atom is -0.322 e. The fraction of sp³-hybridized carbons (Fsp3) is 0.0323. The molecule has 0 unspecified atom stereocenters. The SMILES string of the molecule is Cc1ccccc1C(=O)Nc1ccc2nc(Sc3ccc(C=C4C(=O)c5ccccc5C4=O)cc3[N+](=O)[O-])sc2c1. The van der Waals surface area contributed by atoms with Crippen LogP contribution in [0.3, 0.4) is 0 Å². The molecule has 0 saturated carbocycles. The number of ketones is 2. The van der Waals surface area contributed by atoms with Crippen molar-refractivity contribution < 1.29 is 19.3 Å². The Morgan fingerprint density at radius 2 is 1.66 bits per heavy atom. The van der Waals surface area contributed by atoms with Crippen LogP contribution in [0.5, 0.6) is 0 Å². The van der Waals surface area contributed by atoms with Gasteiger partial charge < -0.3 is 5.32 Å². The number of Topliss-reactive ketones (excluding diaryl/α,β-unsaturated/α-hetero) is 2. The minimum atomic E-state index is -0.496. The lowest BCUT2D eigenvalue weighted by molar-refractivity contribution is -0.387. The molecule has 0 aliphatic heterocycles. The van der Waals surface area contributed by atoms with E-state index in [4.69, 9.17) is 0 Å². The Labute approximate surface area is 241 Å². The third-order valence-corrected chi connectivity index (χ3v) is 8.75. The Morgan fingerprint density at radius 3 is 2.37 bits per heavy atom. The summed E-state index contributed by atoms with van der Waals surface area (Å²) in [5.74, 6) is -0.997. The van der Waals surface area contributed by atoms with Gasteiger partial charge in [0.1, 0.15) is 0 Å². The number of anilines is 1. The summed E-state index contributed by atoms with van der Waals surface area (Å²) in [4.78, 5) is 54.6. The molecule has 1 aromatic heterocycles. The first-order chi connectivity index (χ1) is 19.8. The van der Waals surface area contributed by atoms with Crippen LogP contribution >= 0.6 is 23.1 Å². The van der Waals surface area contributed by atoms with Gasteiger partial charge in [-0.1, -0.05) is 60.3 Å². The number of allylic oxidation sites excluding steroid dienone is 1. The molecule has 8 nitrogen and oxygen atoms in total. The molecule has 0 atom stereocenters. The van der Waals surface area contributed by atoms with Crippen LogP contribution in [0.2, 0.25) is 0 Å². The average Bonchev–Trinajstić information content (AvgIpc) is 3.47. The van der Waals surface area contributed by atoms with Crippen LogP contribution < -0.4 is 5.32 Å². The minimum absolute atomic E-state index is 0.0163. The first-order valence-corrected chi connectivity index (χ1v) is 14.1. The molecule has 1 aliphatic rings. The van der Waals surface area contributed by atoms with E-state index in [-0.39, 0.29) is 17.2 Å². The maximum Gasteiger partial charge on any atom is 0.283 e. The molecule has 0 spiro atoms. The summed E-state index contributed by atoms with van der Waals surface area (Å²) in [5.41, 5.74) is 3.65. The van der Waals surface area contributed by atoms with E-state index in [2.05, 4.69) is 10.3 Å². The van der Waals surface area contributed by atoms with Crippen molar-refractivity contribution in [2.75, 3.05) is 5.32 Å². The topological polar surface area (TPSA) is 119 Å². The summed E-state index contributed by atoms with van der Waals surface area (Å²) in [6.07, 6.45) is 1.40. The highest BCUT2D eigenvalue weighted by molar-refractivity contribution is 8.01. The lowest BCUT2D eigenvalue weighted by atomic mass is 10.1. The smallest absolute Gasteiger partial charge is 0.283 e. The monoisotopic (exact) mass is 577 g/mol. The quantitative estimate of drug-likeness (QED) is 0.0968. The lowest BCUT2D eigenvalue weighted by Crippen LogP contribution is -2.13. The van der Waals surface area contributed by atoms with E-state index in [1.807, 2.05) is 31.2 Å². The highest BCUT2D eigenvalue weighted by atomic mass is 32.2. The molecule has 4 aromatic carbocycles. The summed E-state index contributed by atoms with van der Waals surface area (Å²) in [7, 11) is 0. The highest BCUT2D eigenvalue weighted by Crippen LogP contribution is 2.40. The number of fused-ring (bicyclic) bond motifs is 2. The van der Waals surface area contributed by atoms with Crippen molar-refractivity contribution in [2.45, 2.75) is 16.2 Å². The fourth-order valence-electron chi connectivity index (χ4n) is 4.57. The second-order valence-corrected chi connectivity index (χ2v) is 11.6. The molecule has 6 rings (SSSR count). The van der Waals surface area contributed by atoms with Crippen molar-refractivity contribution in [1.82, 2.24) is 4.98 Å².